The fourth-order valence-electron chi connectivity index (χ4n) is 2.70. The quantitative estimate of drug-likeness (QED) is 0.938. The highest BCUT2D eigenvalue weighted by Gasteiger charge is 2.24. The van der Waals surface area contributed by atoms with Gasteiger partial charge in [-0.05, 0) is 25.0 Å². The molecule has 2 aromatic rings. The van der Waals surface area contributed by atoms with E-state index in [0.717, 1.165) is 25.3 Å². The molecule has 5 nitrogen and oxygen atoms in total. The lowest BCUT2D eigenvalue weighted by Crippen LogP contribution is -2.21. The van der Waals surface area contributed by atoms with Crippen molar-refractivity contribution in [2.75, 3.05) is 13.2 Å². The number of fused-ring (bicyclic) bond motifs is 1. The van der Waals surface area contributed by atoms with Crippen LogP contribution in [0, 0.1) is 0 Å². The summed E-state index contributed by atoms with van der Waals surface area (Å²) >= 11 is 12.1. The Labute approximate surface area is 131 Å². The van der Waals surface area contributed by atoms with Crippen molar-refractivity contribution in [3.63, 3.8) is 0 Å². The van der Waals surface area contributed by atoms with E-state index in [-0.39, 0.29) is 12.5 Å². The molecule has 1 aromatic heterocycles. The van der Waals surface area contributed by atoms with Gasteiger partial charge in [-0.3, -0.25) is 4.79 Å². The van der Waals surface area contributed by atoms with Crippen LogP contribution in [0.4, 0.5) is 0 Å². The van der Waals surface area contributed by atoms with Gasteiger partial charge in [0, 0.05) is 12.5 Å². The number of hydrogen-bond acceptors (Lipinski definition) is 3. The molecule has 0 amide bonds. The van der Waals surface area contributed by atoms with Gasteiger partial charge >= 0.3 is 5.97 Å². The van der Waals surface area contributed by atoms with Crippen LogP contribution in [0.15, 0.2) is 12.1 Å². The van der Waals surface area contributed by atoms with Crippen LogP contribution in [0.5, 0.6) is 0 Å². The number of aliphatic carboxylic acids is 1. The Morgan fingerprint density at radius 3 is 2.86 bits per heavy atom. The maximum absolute atomic E-state index is 11.2. The predicted octanol–water partition coefficient (Wildman–Crippen LogP) is 3.32. The molecule has 0 spiro atoms. The standard InChI is InChI=1S/C14H14Cl2N2O3/c15-9-4-11-12(5-10(9)16)18(6-13(19)20)14(17-11)8-2-1-3-21-7-8/h4-5,8H,1-3,6-7H2,(H,19,20). The first-order valence-electron chi connectivity index (χ1n) is 6.71. The summed E-state index contributed by atoms with van der Waals surface area (Å²) in [5, 5.41) is 9.96. The minimum absolute atomic E-state index is 0.100. The van der Waals surface area contributed by atoms with Crippen LogP contribution in [0.3, 0.4) is 0 Å². The van der Waals surface area contributed by atoms with Gasteiger partial charge in [-0.15, -0.1) is 0 Å². The first kappa shape index (κ1) is 14.6. The van der Waals surface area contributed by atoms with E-state index in [4.69, 9.17) is 33.0 Å². The summed E-state index contributed by atoms with van der Waals surface area (Å²) in [5.41, 5.74) is 1.35. The van der Waals surface area contributed by atoms with Gasteiger partial charge in [0.05, 0.1) is 27.7 Å². The highest BCUT2D eigenvalue weighted by Crippen LogP contribution is 2.32. The molecule has 1 unspecified atom stereocenters. The maximum atomic E-state index is 11.2. The zero-order chi connectivity index (χ0) is 15.0. The van der Waals surface area contributed by atoms with E-state index in [1.807, 2.05) is 0 Å². The minimum Gasteiger partial charge on any atom is -0.480 e. The second-order valence-electron chi connectivity index (χ2n) is 5.12. The van der Waals surface area contributed by atoms with E-state index in [1.165, 1.54) is 0 Å². The molecule has 21 heavy (non-hydrogen) atoms. The van der Waals surface area contributed by atoms with E-state index in [1.54, 1.807) is 16.7 Å². The summed E-state index contributed by atoms with van der Waals surface area (Å²) in [5.74, 6) is -0.0909. The number of benzene rings is 1. The van der Waals surface area contributed by atoms with Gasteiger partial charge in [0.1, 0.15) is 12.4 Å². The second kappa shape index (κ2) is 5.83. The van der Waals surface area contributed by atoms with Gasteiger partial charge in [0.15, 0.2) is 0 Å². The zero-order valence-corrected chi connectivity index (χ0v) is 12.7. The number of aromatic nitrogens is 2. The van der Waals surface area contributed by atoms with E-state index < -0.39 is 5.97 Å². The van der Waals surface area contributed by atoms with Crippen LogP contribution < -0.4 is 0 Å². The third-order valence-corrected chi connectivity index (χ3v) is 4.36. The first-order chi connectivity index (χ1) is 10.1. The molecule has 7 heteroatoms. The number of hydrogen-bond donors (Lipinski definition) is 1. The fourth-order valence-corrected chi connectivity index (χ4v) is 3.01. The summed E-state index contributed by atoms with van der Waals surface area (Å²) < 4.78 is 7.18. The first-order valence-corrected chi connectivity index (χ1v) is 7.46. The number of carboxylic acids is 1. The number of carbonyl (C=O) groups is 1. The molecule has 1 aliphatic rings. The van der Waals surface area contributed by atoms with Crippen LogP contribution in [0.2, 0.25) is 10.0 Å². The molecule has 1 aromatic carbocycles. The SMILES string of the molecule is O=C(O)Cn1c(C2CCCOC2)nc2cc(Cl)c(Cl)cc21. The number of imidazole rings is 1. The van der Waals surface area contributed by atoms with Gasteiger partial charge in [-0.25, -0.2) is 4.98 Å². The normalized spacial score (nSPS) is 19.0. The summed E-state index contributed by atoms with van der Waals surface area (Å²) in [7, 11) is 0. The Kier molecular flexibility index (Phi) is 4.06. The van der Waals surface area contributed by atoms with Crippen LogP contribution in [-0.4, -0.2) is 33.8 Å². The molecule has 1 fully saturated rings. The van der Waals surface area contributed by atoms with Crippen LogP contribution >= 0.6 is 23.2 Å². The lowest BCUT2D eigenvalue weighted by atomic mass is 10.0. The van der Waals surface area contributed by atoms with E-state index in [2.05, 4.69) is 4.98 Å². The lowest BCUT2D eigenvalue weighted by molar-refractivity contribution is -0.137. The van der Waals surface area contributed by atoms with Crippen molar-refractivity contribution in [3.8, 4) is 0 Å². The van der Waals surface area contributed by atoms with Gasteiger partial charge in [-0.2, -0.15) is 0 Å². The summed E-state index contributed by atoms with van der Waals surface area (Å²) in [6.45, 7) is 1.15. The number of nitrogens with zero attached hydrogens (tertiary/aromatic N) is 2. The maximum Gasteiger partial charge on any atom is 0.323 e. The second-order valence-corrected chi connectivity index (χ2v) is 5.93. The molecular weight excluding hydrogens is 315 g/mol. The van der Waals surface area contributed by atoms with Crippen molar-refractivity contribution in [1.29, 1.82) is 0 Å². The van der Waals surface area contributed by atoms with Crippen molar-refractivity contribution in [1.82, 2.24) is 9.55 Å². The molecule has 1 saturated heterocycles. The number of carboxylic acid groups (broad SMARTS) is 1. The van der Waals surface area contributed by atoms with Crippen molar-refractivity contribution in [3.05, 3.63) is 28.0 Å². The number of rotatable bonds is 3. The lowest BCUT2D eigenvalue weighted by Gasteiger charge is -2.22. The Balaban J connectivity index is 2.14. The van der Waals surface area contributed by atoms with E-state index in [9.17, 15) is 4.79 Å². The summed E-state index contributed by atoms with van der Waals surface area (Å²) in [4.78, 5) is 15.7. The van der Waals surface area contributed by atoms with Crippen LogP contribution in [0.1, 0.15) is 24.6 Å². The molecule has 1 aliphatic heterocycles. The number of ether oxygens (including phenoxy) is 1. The van der Waals surface area contributed by atoms with Gasteiger partial charge in [0.25, 0.3) is 0 Å². The zero-order valence-electron chi connectivity index (χ0n) is 11.2. The highest BCUT2D eigenvalue weighted by molar-refractivity contribution is 6.42. The third kappa shape index (κ3) is 2.86. The van der Waals surface area contributed by atoms with Crippen LogP contribution in [0.25, 0.3) is 11.0 Å². The Bertz CT molecular complexity index is 693. The van der Waals surface area contributed by atoms with Gasteiger partial charge in [-0.1, -0.05) is 23.2 Å². The van der Waals surface area contributed by atoms with E-state index in [0.29, 0.717) is 27.7 Å². The predicted molar refractivity (Wildman–Crippen MR) is 80.2 cm³/mol. The smallest absolute Gasteiger partial charge is 0.323 e. The average molecular weight is 329 g/mol. The molecular formula is C14H14Cl2N2O3. The molecule has 1 N–H and O–H groups in total. The molecule has 0 bridgehead atoms. The van der Waals surface area contributed by atoms with Crippen LogP contribution in [-0.2, 0) is 16.1 Å². The Hall–Kier alpha value is -1.30. The molecule has 0 saturated carbocycles. The monoisotopic (exact) mass is 328 g/mol. The van der Waals surface area contributed by atoms with E-state index >= 15 is 0 Å². The minimum atomic E-state index is -0.918. The summed E-state index contributed by atoms with van der Waals surface area (Å²) in [6.07, 6.45) is 1.88. The molecule has 112 valence electrons. The van der Waals surface area contributed by atoms with Gasteiger partial charge < -0.3 is 14.4 Å². The third-order valence-electron chi connectivity index (χ3n) is 3.64. The summed E-state index contributed by atoms with van der Waals surface area (Å²) in [6, 6.07) is 3.34. The number of halogens is 2. The molecule has 0 radical (unpaired) electrons. The van der Waals surface area contributed by atoms with Crippen molar-refractivity contribution < 1.29 is 14.6 Å². The molecule has 2 heterocycles. The Morgan fingerprint density at radius 1 is 1.43 bits per heavy atom. The van der Waals surface area contributed by atoms with Crippen molar-refractivity contribution >= 4 is 40.2 Å². The molecule has 3 rings (SSSR count). The Morgan fingerprint density at radius 2 is 2.19 bits per heavy atom. The fraction of sp³-hybridized carbons (Fsp3) is 0.429. The molecule has 0 aliphatic carbocycles. The van der Waals surface area contributed by atoms with Crippen molar-refractivity contribution in [2.24, 2.45) is 0 Å². The highest BCUT2D eigenvalue weighted by atomic mass is 35.5. The van der Waals surface area contributed by atoms with Crippen molar-refractivity contribution in [2.45, 2.75) is 25.3 Å². The largest absolute Gasteiger partial charge is 0.480 e. The molecule has 1 atom stereocenters. The average Bonchev–Trinajstić information content (AvgIpc) is 2.78. The van der Waals surface area contributed by atoms with Gasteiger partial charge in [0.2, 0.25) is 0 Å². The topological polar surface area (TPSA) is 64.3 Å².